The fourth-order valence-electron chi connectivity index (χ4n) is 1.97. The van der Waals surface area contributed by atoms with Gasteiger partial charge >= 0.3 is 0 Å². The molecule has 2 rings (SSSR count). The van der Waals surface area contributed by atoms with Gasteiger partial charge in [-0.1, -0.05) is 17.7 Å². The standard InChI is InChI=1S/C12H14ClFO2/c13-10-2-1-3-11(14)9(10)6-8-7-16-5-4-12(8)15/h1-3,8,12,15H,4-7H2. The maximum atomic E-state index is 13.5. The molecule has 0 radical (unpaired) electrons. The van der Waals surface area contributed by atoms with Crippen LogP contribution in [0.15, 0.2) is 18.2 Å². The van der Waals surface area contributed by atoms with Crippen LogP contribution < -0.4 is 0 Å². The van der Waals surface area contributed by atoms with Crippen LogP contribution in [0.5, 0.6) is 0 Å². The molecule has 0 spiro atoms. The summed E-state index contributed by atoms with van der Waals surface area (Å²) in [6, 6.07) is 4.63. The molecule has 2 unspecified atom stereocenters. The molecule has 0 aliphatic carbocycles. The molecule has 1 fully saturated rings. The number of benzene rings is 1. The Balaban J connectivity index is 2.13. The van der Waals surface area contributed by atoms with Gasteiger partial charge in [0.05, 0.1) is 12.7 Å². The first-order valence-electron chi connectivity index (χ1n) is 5.37. The van der Waals surface area contributed by atoms with Crippen molar-refractivity contribution in [3.63, 3.8) is 0 Å². The first-order chi connectivity index (χ1) is 7.68. The zero-order chi connectivity index (χ0) is 11.5. The summed E-state index contributed by atoms with van der Waals surface area (Å²) in [5.74, 6) is -0.381. The third-order valence-corrected chi connectivity index (χ3v) is 3.32. The summed E-state index contributed by atoms with van der Waals surface area (Å²) in [5.41, 5.74) is 0.471. The predicted molar refractivity (Wildman–Crippen MR) is 60.0 cm³/mol. The van der Waals surface area contributed by atoms with Gasteiger partial charge in [0.25, 0.3) is 0 Å². The van der Waals surface area contributed by atoms with Crippen LogP contribution in [0.3, 0.4) is 0 Å². The Morgan fingerprint density at radius 1 is 1.50 bits per heavy atom. The molecule has 0 aromatic heterocycles. The van der Waals surface area contributed by atoms with E-state index in [-0.39, 0.29) is 11.7 Å². The van der Waals surface area contributed by atoms with Gasteiger partial charge in [-0.15, -0.1) is 0 Å². The van der Waals surface area contributed by atoms with Crippen LogP contribution in [0.2, 0.25) is 5.02 Å². The molecular formula is C12H14ClFO2. The van der Waals surface area contributed by atoms with Gasteiger partial charge in [0, 0.05) is 23.1 Å². The van der Waals surface area contributed by atoms with Crippen LogP contribution in [-0.2, 0) is 11.2 Å². The summed E-state index contributed by atoms with van der Waals surface area (Å²) in [6.45, 7) is 1.04. The van der Waals surface area contributed by atoms with Crippen LogP contribution in [0.25, 0.3) is 0 Å². The highest BCUT2D eigenvalue weighted by Crippen LogP contribution is 2.26. The average molecular weight is 245 g/mol. The molecule has 1 aromatic carbocycles. The van der Waals surface area contributed by atoms with E-state index in [1.165, 1.54) is 6.07 Å². The molecule has 2 nitrogen and oxygen atoms in total. The van der Waals surface area contributed by atoms with E-state index in [0.29, 0.717) is 36.6 Å². The molecule has 1 aromatic rings. The lowest BCUT2D eigenvalue weighted by molar-refractivity contribution is -0.0352. The zero-order valence-corrected chi connectivity index (χ0v) is 9.58. The highest BCUT2D eigenvalue weighted by Gasteiger charge is 2.25. The second-order valence-electron chi connectivity index (χ2n) is 4.10. The van der Waals surface area contributed by atoms with Gasteiger partial charge in [-0.3, -0.25) is 0 Å². The van der Waals surface area contributed by atoms with Crippen LogP contribution in [0.4, 0.5) is 4.39 Å². The van der Waals surface area contributed by atoms with Gasteiger partial charge in [0.15, 0.2) is 0 Å². The summed E-state index contributed by atoms with van der Waals surface area (Å²) in [4.78, 5) is 0. The van der Waals surface area contributed by atoms with Crippen molar-refractivity contribution in [2.75, 3.05) is 13.2 Å². The van der Waals surface area contributed by atoms with E-state index in [9.17, 15) is 9.50 Å². The summed E-state index contributed by atoms with van der Waals surface area (Å²) in [7, 11) is 0. The van der Waals surface area contributed by atoms with Crippen LogP contribution in [0.1, 0.15) is 12.0 Å². The lowest BCUT2D eigenvalue weighted by Crippen LogP contribution is -2.33. The quantitative estimate of drug-likeness (QED) is 0.866. The second-order valence-corrected chi connectivity index (χ2v) is 4.50. The molecule has 1 aliphatic heterocycles. The summed E-state index contributed by atoms with van der Waals surface area (Å²) < 4.78 is 18.8. The van der Waals surface area contributed by atoms with Crippen molar-refractivity contribution in [2.45, 2.75) is 18.9 Å². The Morgan fingerprint density at radius 3 is 3.00 bits per heavy atom. The summed E-state index contributed by atoms with van der Waals surface area (Å²) in [6.07, 6.45) is 0.605. The summed E-state index contributed by atoms with van der Waals surface area (Å²) >= 11 is 5.93. The molecule has 1 heterocycles. The number of aliphatic hydroxyl groups excluding tert-OH is 1. The fourth-order valence-corrected chi connectivity index (χ4v) is 2.21. The van der Waals surface area contributed by atoms with Crippen molar-refractivity contribution >= 4 is 11.6 Å². The number of hydrogen-bond acceptors (Lipinski definition) is 2. The second kappa shape index (κ2) is 5.13. The largest absolute Gasteiger partial charge is 0.393 e. The molecule has 0 amide bonds. The van der Waals surface area contributed by atoms with E-state index in [0.717, 1.165) is 0 Å². The number of hydrogen-bond donors (Lipinski definition) is 1. The number of ether oxygens (including phenoxy) is 1. The van der Waals surface area contributed by atoms with E-state index in [2.05, 4.69) is 0 Å². The normalized spacial score (nSPS) is 25.7. The molecule has 2 atom stereocenters. The fraction of sp³-hybridized carbons (Fsp3) is 0.500. The highest BCUT2D eigenvalue weighted by molar-refractivity contribution is 6.31. The predicted octanol–water partition coefficient (Wildman–Crippen LogP) is 2.42. The van der Waals surface area contributed by atoms with Crippen molar-refractivity contribution in [1.82, 2.24) is 0 Å². The van der Waals surface area contributed by atoms with E-state index >= 15 is 0 Å². The molecule has 88 valence electrons. The Kier molecular flexibility index (Phi) is 3.79. The molecular weight excluding hydrogens is 231 g/mol. The Bertz CT molecular complexity index is 350. The topological polar surface area (TPSA) is 29.5 Å². The zero-order valence-electron chi connectivity index (χ0n) is 8.83. The Labute approximate surface area is 99.0 Å². The molecule has 1 saturated heterocycles. The van der Waals surface area contributed by atoms with Gasteiger partial charge in [-0.05, 0) is 25.0 Å². The maximum absolute atomic E-state index is 13.5. The molecule has 0 saturated carbocycles. The van der Waals surface area contributed by atoms with Crippen molar-refractivity contribution < 1.29 is 14.2 Å². The van der Waals surface area contributed by atoms with Gasteiger partial charge < -0.3 is 9.84 Å². The van der Waals surface area contributed by atoms with E-state index < -0.39 is 6.10 Å². The SMILES string of the molecule is OC1CCOCC1Cc1c(F)cccc1Cl. The first kappa shape index (κ1) is 11.8. The third-order valence-electron chi connectivity index (χ3n) is 2.96. The van der Waals surface area contributed by atoms with E-state index in [1.54, 1.807) is 12.1 Å². The number of rotatable bonds is 2. The minimum Gasteiger partial charge on any atom is -0.393 e. The summed E-state index contributed by atoms with van der Waals surface area (Å²) in [5, 5.41) is 10.2. The Hall–Kier alpha value is -0.640. The molecule has 4 heteroatoms. The monoisotopic (exact) mass is 244 g/mol. The van der Waals surface area contributed by atoms with Gasteiger partial charge in [-0.2, -0.15) is 0 Å². The smallest absolute Gasteiger partial charge is 0.127 e. The van der Waals surface area contributed by atoms with Crippen molar-refractivity contribution in [2.24, 2.45) is 5.92 Å². The lowest BCUT2D eigenvalue weighted by atomic mass is 9.91. The first-order valence-corrected chi connectivity index (χ1v) is 5.75. The minimum atomic E-state index is -0.426. The van der Waals surface area contributed by atoms with Crippen LogP contribution in [0, 0.1) is 11.7 Å². The molecule has 16 heavy (non-hydrogen) atoms. The Morgan fingerprint density at radius 2 is 2.31 bits per heavy atom. The van der Waals surface area contributed by atoms with E-state index in [1.807, 2.05) is 0 Å². The minimum absolute atomic E-state index is 0.0665. The number of aliphatic hydroxyl groups is 1. The van der Waals surface area contributed by atoms with Crippen LogP contribution >= 0.6 is 11.6 Å². The van der Waals surface area contributed by atoms with Gasteiger partial charge in [-0.25, -0.2) is 4.39 Å². The lowest BCUT2D eigenvalue weighted by Gasteiger charge is -2.28. The molecule has 1 N–H and O–H groups in total. The van der Waals surface area contributed by atoms with E-state index in [4.69, 9.17) is 16.3 Å². The molecule has 1 aliphatic rings. The van der Waals surface area contributed by atoms with Crippen molar-refractivity contribution in [3.8, 4) is 0 Å². The molecule has 0 bridgehead atoms. The third kappa shape index (κ3) is 2.54. The van der Waals surface area contributed by atoms with Crippen molar-refractivity contribution in [3.05, 3.63) is 34.6 Å². The number of halogens is 2. The maximum Gasteiger partial charge on any atom is 0.127 e. The van der Waals surface area contributed by atoms with Gasteiger partial charge in [0.1, 0.15) is 5.82 Å². The average Bonchev–Trinajstić information content (AvgIpc) is 2.26. The van der Waals surface area contributed by atoms with Crippen LogP contribution in [-0.4, -0.2) is 24.4 Å². The highest BCUT2D eigenvalue weighted by atomic mass is 35.5. The van der Waals surface area contributed by atoms with Crippen molar-refractivity contribution in [1.29, 1.82) is 0 Å². The van der Waals surface area contributed by atoms with Gasteiger partial charge in [0.2, 0.25) is 0 Å².